The number of carboxylic acid groups (broad SMARTS) is 1. The molecule has 142 valence electrons. The Morgan fingerprint density at radius 2 is 1.69 bits per heavy atom. The number of rotatable bonds is 7. The maximum atomic E-state index is 12.2. The van der Waals surface area contributed by atoms with Gasteiger partial charge < -0.3 is 19.9 Å². The first kappa shape index (κ1) is 18.9. The Morgan fingerprint density at radius 1 is 1.04 bits per heavy atom. The van der Waals surface area contributed by atoms with Crippen LogP contribution < -0.4 is 5.32 Å². The van der Waals surface area contributed by atoms with Crippen molar-refractivity contribution in [1.82, 2.24) is 5.32 Å². The number of nitrogens with one attached hydrogen (secondary N) is 1. The highest BCUT2D eigenvalue weighted by atomic mass is 16.5. The lowest BCUT2D eigenvalue weighted by molar-refractivity contribution is -0.141. The summed E-state index contributed by atoms with van der Waals surface area (Å²) in [5.41, 5.74) is 2.15. The molecule has 1 saturated carbocycles. The SMILES string of the molecule is O=C(O)[C@@H]1CC[C@H](C(=O)NCc2ccc(COC3CCOCC3)cc2)C1. The number of aliphatic carboxylic acids is 1. The Hall–Kier alpha value is -1.92. The van der Waals surface area contributed by atoms with Gasteiger partial charge in [-0.25, -0.2) is 0 Å². The standard InChI is InChI=1S/C20H27NO5/c22-19(16-5-6-17(11-16)20(23)24)21-12-14-1-3-15(4-2-14)13-26-18-7-9-25-10-8-18/h1-4,16-18H,5-13H2,(H,21,22)(H,23,24)/t16-,17+/m0/s1. The third kappa shape index (κ3) is 5.29. The number of hydrogen-bond acceptors (Lipinski definition) is 4. The van der Waals surface area contributed by atoms with Crippen molar-refractivity contribution in [2.45, 2.75) is 51.4 Å². The average molecular weight is 361 g/mol. The van der Waals surface area contributed by atoms with Crippen LogP contribution in [0.5, 0.6) is 0 Å². The molecule has 0 spiro atoms. The van der Waals surface area contributed by atoms with Crippen LogP contribution >= 0.6 is 0 Å². The van der Waals surface area contributed by atoms with E-state index in [1.165, 1.54) is 0 Å². The second kappa shape index (κ2) is 9.14. The molecule has 0 radical (unpaired) electrons. The van der Waals surface area contributed by atoms with E-state index in [1.54, 1.807) is 0 Å². The van der Waals surface area contributed by atoms with Crippen LogP contribution in [0.25, 0.3) is 0 Å². The molecule has 6 heteroatoms. The zero-order valence-electron chi connectivity index (χ0n) is 15.0. The number of benzene rings is 1. The topological polar surface area (TPSA) is 84.9 Å². The highest BCUT2D eigenvalue weighted by Crippen LogP contribution is 2.31. The van der Waals surface area contributed by atoms with Crippen LogP contribution in [0.3, 0.4) is 0 Å². The average Bonchev–Trinajstić information content (AvgIpc) is 3.17. The van der Waals surface area contributed by atoms with Crippen LogP contribution in [-0.2, 0) is 32.2 Å². The van der Waals surface area contributed by atoms with Crippen molar-refractivity contribution >= 4 is 11.9 Å². The molecule has 1 aliphatic heterocycles. The van der Waals surface area contributed by atoms with Gasteiger partial charge in [-0.15, -0.1) is 0 Å². The van der Waals surface area contributed by atoms with E-state index in [0.29, 0.717) is 32.4 Å². The lowest BCUT2D eigenvalue weighted by Gasteiger charge is -2.22. The Labute approximate surface area is 153 Å². The van der Waals surface area contributed by atoms with Crippen LogP contribution in [-0.4, -0.2) is 36.3 Å². The summed E-state index contributed by atoms with van der Waals surface area (Å²) >= 11 is 0. The Balaban J connectivity index is 1.40. The van der Waals surface area contributed by atoms with E-state index >= 15 is 0 Å². The van der Waals surface area contributed by atoms with Crippen molar-refractivity contribution in [2.75, 3.05) is 13.2 Å². The first-order chi connectivity index (χ1) is 12.6. The van der Waals surface area contributed by atoms with Crippen molar-refractivity contribution in [3.05, 3.63) is 35.4 Å². The minimum absolute atomic E-state index is 0.0410. The van der Waals surface area contributed by atoms with Crippen LogP contribution in [0.2, 0.25) is 0 Å². The summed E-state index contributed by atoms with van der Waals surface area (Å²) in [5.74, 6) is -1.39. The fourth-order valence-electron chi connectivity index (χ4n) is 3.59. The fourth-order valence-corrected chi connectivity index (χ4v) is 3.59. The lowest BCUT2D eigenvalue weighted by atomic mass is 10.0. The molecule has 6 nitrogen and oxygen atoms in total. The largest absolute Gasteiger partial charge is 0.481 e. The molecule has 1 aromatic rings. The van der Waals surface area contributed by atoms with Crippen LogP contribution in [0.4, 0.5) is 0 Å². The van der Waals surface area contributed by atoms with Crippen molar-refractivity contribution in [3.63, 3.8) is 0 Å². The van der Waals surface area contributed by atoms with Gasteiger partial charge in [-0.3, -0.25) is 9.59 Å². The molecule has 1 saturated heterocycles. The Bertz CT molecular complexity index is 609. The van der Waals surface area contributed by atoms with Gasteiger partial charge in [-0.1, -0.05) is 24.3 Å². The van der Waals surface area contributed by atoms with Gasteiger partial charge in [-0.2, -0.15) is 0 Å². The van der Waals surface area contributed by atoms with E-state index in [2.05, 4.69) is 5.32 Å². The molecule has 1 heterocycles. The van der Waals surface area contributed by atoms with Crippen LogP contribution in [0.15, 0.2) is 24.3 Å². The van der Waals surface area contributed by atoms with Gasteiger partial charge in [0.15, 0.2) is 0 Å². The van der Waals surface area contributed by atoms with Gasteiger partial charge >= 0.3 is 5.97 Å². The lowest BCUT2D eigenvalue weighted by Crippen LogP contribution is -2.29. The maximum absolute atomic E-state index is 12.2. The second-order valence-corrected chi connectivity index (χ2v) is 7.20. The van der Waals surface area contributed by atoms with Crippen molar-refractivity contribution in [2.24, 2.45) is 11.8 Å². The van der Waals surface area contributed by atoms with E-state index in [9.17, 15) is 9.59 Å². The molecular weight excluding hydrogens is 334 g/mol. The van der Waals surface area contributed by atoms with Crippen molar-refractivity contribution in [3.8, 4) is 0 Å². The third-order valence-corrected chi connectivity index (χ3v) is 5.30. The fraction of sp³-hybridized carbons (Fsp3) is 0.600. The first-order valence-electron chi connectivity index (χ1n) is 9.39. The number of carboxylic acids is 1. The molecule has 0 unspecified atom stereocenters. The summed E-state index contributed by atoms with van der Waals surface area (Å²) in [6.07, 6.45) is 3.88. The highest BCUT2D eigenvalue weighted by Gasteiger charge is 2.33. The normalized spacial score (nSPS) is 23.7. The zero-order valence-corrected chi connectivity index (χ0v) is 15.0. The number of hydrogen-bond donors (Lipinski definition) is 2. The van der Waals surface area contributed by atoms with Gasteiger partial charge in [0.2, 0.25) is 5.91 Å². The summed E-state index contributed by atoms with van der Waals surface area (Å²) in [4.78, 5) is 23.2. The van der Waals surface area contributed by atoms with Gasteiger partial charge in [-0.05, 0) is 43.2 Å². The highest BCUT2D eigenvalue weighted by molar-refractivity contribution is 5.80. The molecule has 2 fully saturated rings. The third-order valence-electron chi connectivity index (χ3n) is 5.30. The minimum Gasteiger partial charge on any atom is -0.481 e. The molecule has 26 heavy (non-hydrogen) atoms. The van der Waals surface area contributed by atoms with Crippen LogP contribution in [0, 0.1) is 11.8 Å². The zero-order chi connectivity index (χ0) is 18.4. The molecule has 0 bridgehead atoms. The van der Waals surface area contributed by atoms with E-state index in [1.807, 2.05) is 24.3 Å². The van der Waals surface area contributed by atoms with Gasteiger partial charge in [0.05, 0.1) is 18.6 Å². The summed E-state index contributed by atoms with van der Waals surface area (Å²) < 4.78 is 11.2. The molecule has 1 aromatic carbocycles. The van der Waals surface area contributed by atoms with E-state index in [4.69, 9.17) is 14.6 Å². The molecule has 3 rings (SSSR count). The predicted octanol–water partition coefficient (Wildman–Crippen LogP) is 2.50. The number of carbonyl (C=O) groups is 2. The van der Waals surface area contributed by atoms with Crippen LogP contribution in [0.1, 0.15) is 43.2 Å². The molecule has 2 aliphatic rings. The number of amides is 1. The quantitative estimate of drug-likeness (QED) is 0.779. The molecule has 1 amide bonds. The Kier molecular flexibility index (Phi) is 6.63. The maximum Gasteiger partial charge on any atom is 0.306 e. The predicted molar refractivity (Wildman–Crippen MR) is 95.4 cm³/mol. The van der Waals surface area contributed by atoms with Gasteiger partial charge in [0.1, 0.15) is 0 Å². The monoisotopic (exact) mass is 361 g/mol. The van der Waals surface area contributed by atoms with E-state index in [0.717, 1.165) is 37.2 Å². The smallest absolute Gasteiger partial charge is 0.306 e. The molecular formula is C20H27NO5. The first-order valence-corrected chi connectivity index (χ1v) is 9.39. The summed E-state index contributed by atoms with van der Waals surface area (Å²) in [6.45, 7) is 2.61. The molecule has 2 atom stereocenters. The van der Waals surface area contributed by atoms with Gasteiger partial charge in [0, 0.05) is 25.7 Å². The Morgan fingerprint density at radius 3 is 2.35 bits per heavy atom. The van der Waals surface area contributed by atoms with E-state index in [-0.39, 0.29) is 23.8 Å². The molecule has 0 aromatic heterocycles. The van der Waals surface area contributed by atoms with E-state index < -0.39 is 5.97 Å². The second-order valence-electron chi connectivity index (χ2n) is 7.20. The summed E-state index contributed by atoms with van der Waals surface area (Å²) in [6, 6.07) is 8.04. The number of ether oxygens (including phenoxy) is 2. The minimum atomic E-state index is -0.793. The van der Waals surface area contributed by atoms with Gasteiger partial charge in [0.25, 0.3) is 0 Å². The number of carbonyl (C=O) groups excluding carboxylic acids is 1. The molecule has 1 aliphatic carbocycles. The molecule has 2 N–H and O–H groups in total. The summed E-state index contributed by atoms with van der Waals surface area (Å²) in [7, 11) is 0. The van der Waals surface area contributed by atoms with Crippen molar-refractivity contribution < 1.29 is 24.2 Å². The summed E-state index contributed by atoms with van der Waals surface area (Å²) in [5, 5.41) is 12.0. The van der Waals surface area contributed by atoms with Crippen molar-refractivity contribution in [1.29, 1.82) is 0 Å².